The van der Waals surface area contributed by atoms with Gasteiger partial charge in [-0.1, -0.05) is 0 Å². The van der Waals surface area contributed by atoms with Gasteiger partial charge in [0.25, 0.3) is 0 Å². The van der Waals surface area contributed by atoms with Crippen molar-refractivity contribution >= 4 is 11.6 Å². The van der Waals surface area contributed by atoms with E-state index in [-0.39, 0.29) is 12.5 Å². The van der Waals surface area contributed by atoms with Crippen LogP contribution in [0.15, 0.2) is 36.7 Å². The summed E-state index contributed by atoms with van der Waals surface area (Å²) in [6, 6.07) is 7.43. The third kappa shape index (κ3) is 3.52. The Kier molecular flexibility index (Phi) is 4.62. The Morgan fingerprint density at radius 3 is 2.35 bits per heavy atom. The zero-order valence-corrected chi connectivity index (χ0v) is 11.3. The van der Waals surface area contributed by atoms with Crippen molar-refractivity contribution in [2.24, 2.45) is 0 Å². The number of rotatable bonds is 5. The van der Waals surface area contributed by atoms with Gasteiger partial charge >= 0.3 is 0 Å². The summed E-state index contributed by atoms with van der Waals surface area (Å²) in [7, 11) is 3.08. The third-order valence-electron chi connectivity index (χ3n) is 2.56. The van der Waals surface area contributed by atoms with E-state index in [1.165, 1.54) is 7.11 Å². The number of benzene rings is 1. The van der Waals surface area contributed by atoms with Crippen LogP contribution in [0.3, 0.4) is 0 Å². The molecule has 2 aromatic rings. The molecule has 0 atom stereocenters. The molecule has 1 heterocycles. The van der Waals surface area contributed by atoms with Crippen molar-refractivity contribution in [3.8, 4) is 17.1 Å². The van der Waals surface area contributed by atoms with E-state index in [1.54, 1.807) is 19.5 Å². The second kappa shape index (κ2) is 6.63. The molecule has 20 heavy (non-hydrogen) atoms. The lowest BCUT2D eigenvalue weighted by atomic mass is 10.2. The number of ether oxygens (including phenoxy) is 2. The Bertz CT molecular complexity index is 567. The number of nitrogens with zero attached hydrogens (tertiary/aromatic N) is 2. The van der Waals surface area contributed by atoms with Crippen molar-refractivity contribution in [3.05, 3.63) is 36.7 Å². The fourth-order valence-corrected chi connectivity index (χ4v) is 1.61. The van der Waals surface area contributed by atoms with Crippen LogP contribution < -0.4 is 10.1 Å². The molecule has 0 aliphatic carbocycles. The summed E-state index contributed by atoms with van der Waals surface area (Å²) < 4.78 is 9.82. The first-order chi connectivity index (χ1) is 9.72. The molecule has 1 aromatic heterocycles. The Hall–Kier alpha value is -2.47. The minimum absolute atomic E-state index is 0.000229. The fourth-order valence-electron chi connectivity index (χ4n) is 1.61. The molecule has 6 heteroatoms. The van der Waals surface area contributed by atoms with Crippen LogP contribution >= 0.6 is 0 Å². The van der Waals surface area contributed by atoms with Gasteiger partial charge in [0.15, 0.2) is 5.82 Å². The first-order valence-corrected chi connectivity index (χ1v) is 5.98. The first kappa shape index (κ1) is 14.0. The fraction of sp³-hybridized carbons (Fsp3) is 0.214. The molecule has 0 saturated heterocycles. The van der Waals surface area contributed by atoms with Crippen molar-refractivity contribution in [2.75, 3.05) is 26.1 Å². The van der Waals surface area contributed by atoms with E-state index in [4.69, 9.17) is 9.47 Å². The first-order valence-electron chi connectivity index (χ1n) is 5.98. The summed E-state index contributed by atoms with van der Waals surface area (Å²) in [6.45, 7) is 0.000229. The van der Waals surface area contributed by atoms with Gasteiger partial charge in [-0.3, -0.25) is 4.79 Å². The maximum atomic E-state index is 11.3. The maximum Gasteiger partial charge on any atom is 0.250 e. The van der Waals surface area contributed by atoms with Gasteiger partial charge in [0, 0.05) is 12.7 Å². The highest BCUT2D eigenvalue weighted by atomic mass is 16.5. The molecule has 1 N–H and O–H groups in total. The maximum absolute atomic E-state index is 11.3. The van der Waals surface area contributed by atoms with E-state index < -0.39 is 0 Å². The van der Waals surface area contributed by atoms with E-state index in [9.17, 15) is 4.79 Å². The van der Waals surface area contributed by atoms with Gasteiger partial charge in [-0.2, -0.15) is 0 Å². The number of amides is 1. The van der Waals surface area contributed by atoms with Crippen LogP contribution in [0.25, 0.3) is 11.4 Å². The molecule has 104 valence electrons. The average Bonchev–Trinajstić information content (AvgIpc) is 2.48. The molecule has 0 spiro atoms. The number of anilines is 1. The van der Waals surface area contributed by atoms with Gasteiger partial charge in [-0.15, -0.1) is 0 Å². The second-order valence-electron chi connectivity index (χ2n) is 4.01. The molecule has 1 amide bonds. The van der Waals surface area contributed by atoms with Crippen molar-refractivity contribution in [2.45, 2.75) is 0 Å². The smallest absolute Gasteiger partial charge is 0.250 e. The van der Waals surface area contributed by atoms with Gasteiger partial charge in [0.05, 0.1) is 25.2 Å². The molecule has 1 aromatic carbocycles. The van der Waals surface area contributed by atoms with Crippen molar-refractivity contribution in [1.82, 2.24) is 9.97 Å². The molecular formula is C14H15N3O3. The lowest BCUT2D eigenvalue weighted by Crippen LogP contribution is -2.17. The molecule has 0 aliphatic heterocycles. The van der Waals surface area contributed by atoms with Gasteiger partial charge in [0.2, 0.25) is 5.91 Å². The van der Waals surface area contributed by atoms with E-state index in [0.717, 1.165) is 11.3 Å². The largest absolute Gasteiger partial charge is 0.497 e. The number of carbonyl (C=O) groups is 1. The lowest BCUT2D eigenvalue weighted by Gasteiger charge is -2.05. The van der Waals surface area contributed by atoms with Gasteiger partial charge in [-0.05, 0) is 24.3 Å². The second-order valence-corrected chi connectivity index (χ2v) is 4.01. The SMILES string of the molecule is COCC(=O)Nc1cnc(-c2ccc(OC)cc2)nc1. The zero-order chi connectivity index (χ0) is 14.4. The van der Waals surface area contributed by atoms with Crippen LogP contribution in [0.5, 0.6) is 5.75 Å². The van der Waals surface area contributed by atoms with Crippen LogP contribution in [-0.2, 0) is 9.53 Å². The third-order valence-corrected chi connectivity index (χ3v) is 2.56. The minimum atomic E-state index is -0.242. The normalized spacial score (nSPS) is 10.1. The van der Waals surface area contributed by atoms with Gasteiger partial charge in [0.1, 0.15) is 12.4 Å². The average molecular weight is 273 g/mol. The van der Waals surface area contributed by atoms with Crippen molar-refractivity contribution in [1.29, 1.82) is 0 Å². The molecule has 6 nitrogen and oxygen atoms in total. The number of hydrogen-bond donors (Lipinski definition) is 1. The topological polar surface area (TPSA) is 73.3 Å². The van der Waals surface area contributed by atoms with Crippen LogP contribution in [0.4, 0.5) is 5.69 Å². The van der Waals surface area contributed by atoms with Crippen LogP contribution in [0.2, 0.25) is 0 Å². The van der Waals surface area contributed by atoms with Gasteiger partial charge < -0.3 is 14.8 Å². The summed E-state index contributed by atoms with van der Waals surface area (Å²) in [5.41, 5.74) is 1.41. The zero-order valence-electron chi connectivity index (χ0n) is 11.3. The number of aromatic nitrogens is 2. The van der Waals surface area contributed by atoms with E-state index in [1.807, 2.05) is 24.3 Å². The Labute approximate surface area is 116 Å². The predicted octanol–water partition coefficient (Wildman–Crippen LogP) is 1.74. The van der Waals surface area contributed by atoms with Crippen molar-refractivity contribution < 1.29 is 14.3 Å². The molecule has 0 fully saturated rings. The molecule has 0 bridgehead atoms. The highest BCUT2D eigenvalue weighted by Crippen LogP contribution is 2.19. The number of carbonyl (C=O) groups excluding carboxylic acids is 1. The van der Waals surface area contributed by atoms with Crippen LogP contribution in [0, 0.1) is 0 Å². The van der Waals surface area contributed by atoms with Crippen molar-refractivity contribution in [3.63, 3.8) is 0 Å². The highest BCUT2D eigenvalue weighted by Gasteiger charge is 2.04. The van der Waals surface area contributed by atoms with E-state index in [2.05, 4.69) is 15.3 Å². The summed E-state index contributed by atoms with van der Waals surface area (Å²) in [5, 5.41) is 2.63. The summed E-state index contributed by atoms with van der Waals surface area (Å²) in [4.78, 5) is 19.8. The summed E-state index contributed by atoms with van der Waals surface area (Å²) in [6.07, 6.45) is 3.11. The van der Waals surface area contributed by atoms with Crippen LogP contribution in [-0.4, -0.2) is 36.7 Å². The molecular weight excluding hydrogens is 258 g/mol. The number of hydrogen-bond acceptors (Lipinski definition) is 5. The minimum Gasteiger partial charge on any atom is -0.497 e. The molecule has 0 saturated carbocycles. The predicted molar refractivity (Wildman–Crippen MR) is 74.5 cm³/mol. The van der Waals surface area contributed by atoms with Gasteiger partial charge in [-0.25, -0.2) is 9.97 Å². The van der Waals surface area contributed by atoms with E-state index >= 15 is 0 Å². The Morgan fingerprint density at radius 1 is 1.15 bits per heavy atom. The quantitative estimate of drug-likeness (QED) is 0.898. The highest BCUT2D eigenvalue weighted by molar-refractivity contribution is 5.91. The monoisotopic (exact) mass is 273 g/mol. The Balaban J connectivity index is 2.08. The molecule has 2 rings (SSSR count). The Morgan fingerprint density at radius 2 is 1.80 bits per heavy atom. The lowest BCUT2D eigenvalue weighted by molar-refractivity contribution is -0.119. The van der Waals surface area contributed by atoms with E-state index in [0.29, 0.717) is 11.5 Å². The summed E-state index contributed by atoms with van der Waals surface area (Å²) >= 11 is 0. The number of nitrogens with one attached hydrogen (secondary N) is 1. The molecule has 0 radical (unpaired) electrons. The summed E-state index contributed by atoms with van der Waals surface area (Å²) in [5.74, 6) is 1.11. The number of methoxy groups -OCH3 is 2. The van der Waals surface area contributed by atoms with Crippen LogP contribution in [0.1, 0.15) is 0 Å². The molecule has 0 aliphatic rings. The standard InChI is InChI=1S/C14H15N3O3/c1-19-9-13(18)17-11-7-15-14(16-8-11)10-3-5-12(20-2)6-4-10/h3-8H,9H2,1-2H3,(H,17,18). The molecule has 0 unspecified atom stereocenters.